The van der Waals surface area contributed by atoms with Crippen LogP contribution >= 0.6 is 11.5 Å². The van der Waals surface area contributed by atoms with Gasteiger partial charge in [-0.3, -0.25) is 14.5 Å². The topological polar surface area (TPSA) is 101 Å². The SMILES string of the molecule is NNc1snnc1CN1C(=O)Cc2ccccc2C1=O. The second-order valence-electron chi connectivity index (χ2n) is 4.31. The Morgan fingerprint density at radius 2 is 2.15 bits per heavy atom. The van der Waals surface area contributed by atoms with E-state index in [1.165, 1.54) is 4.90 Å². The maximum atomic E-state index is 12.4. The van der Waals surface area contributed by atoms with E-state index in [0.29, 0.717) is 16.3 Å². The molecule has 7 nitrogen and oxygen atoms in total. The summed E-state index contributed by atoms with van der Waals surface area (Å²) in [5.41, 5.74) is 4.25. The number of fused-ring (bicyclic) bond motifs is 1. The van der Waals surface area contributed by atoms with Gasteiger partial charge in [-0.1, -0.05) is 22.7 Å². The molecule has 1 aliphatic heterocycles. The van der Waals surface area contributed by atoms with Crippen LogP contribution in [0.1, 0.15) is 21.6 Å². The molecule has 2 heterocycles. The van der Waals surface area contributed by atoms with Crippen LogP contribution in [0.15, 0.2) is 24.3 Å². The van der Waals surface area contributed by atoms with E-state index >= 15 is 0 Å². The van der Waals surface area contributed by atoms with Crippen molar-refractivity contribution >= 4 is 28.3 Å². The van der Waals surface area contributed by atoms with Crippen molar-refractivity contribution in [3.8, 4) is 0 Å². The van der Waals surface area contributed by atoms with Crippen molar-refractivity contribution in [1.29, 1.82) is 0 Å². The smallest absolute Gasteiger partial charge is 0.261 e. The first-order chi connectivity index (χ1) is 9.70. The highest BCUT2D eigenvalue weighted by atomic mass is 32.1. The van der Waals surface area contributed by atoms with Crippen LogP contribution in [0.5, 0.6) is 0 Å². The maximum absolute atomic E-state index is 12.4. The molecule has 1 aliphatic rings. The molecular formula is C12H11N5O2S. The summed E-state index contributed by atoms with van der Waals surface area (Å²) < 4.78 is 3.75. The first kappa shape index (κ1) is 12.7. The fourth-order valence-electron chi connectivity index (χ4n) is 2.13. The normalized spacial score (nSPS) is 14.3. The van der Waals surface area contributed by atoms with Gasteiger partial charge >= 0.3 is 0 Å². The number of nitrogen functional groups attached to an aromatic ring is 1. The molecule has 2 amide bonds. The minimum Gasteiger partial charge on any atom is -0.313 e. The molecule has 20 heavy (non-hydrogen) atoms. The fraction of sp³-hybridized carbons (Fsp3) is 0.167. The first-order valence-electron chi connectivity index (χ1n) is 5.91. The number of nitrogens with two attached hydrogens (primary N) is 1. The molecule has 0 bridgehead atoms. The largest absolute Gasteiger partial charge is 0.313 e. The van der Waals surface area contributed by atoms with Gasteiger partial charge in [0.05, 0.1) is 13.0 Å². The van der Waals surface area contributed by atoms with Crippen LogP contribution in [0, 0.1) is 0 Å². The van der Waals surface area contributed by atoms with Crippen LogP contribution < -0.4 is 11.3 Å². The number of aromatic nitrogens is 2. The Morgan fingerprint density at radius 1 is 1.35 bits per heavy atom. The Morgan fingerprint density at radius 3 is 2.95 bits per heavy atom. The van der Waals surface area contributed by atoms with Gasteiger partial charge in [-0.15, -0.1) is 5.10 Å². The van der Waals surface area contributed by atoms with E-state index in [9.17, 15) is 9.59 Å². The summed E-state index contributed by atoms with van der Waals surface area (Å²) >= 11 is 1.08. The third-order valence-corrected chi connectivity index (χ3v) is 3.83. The fourth-order valence-corrected chi connectivity index (χ4v) is 2.62. The van der Waals surface area contributed by atoms with Gasteiger partial charge in [0.1, 0.15) is 10.7 Å². The molecule has 0 aliphatic carbocycles. The Hall–Kier alpha value is -2.32. The van der Waals surface area contributed by atoms with Gasteiger partial charge in [-0.25, -0.2) is 5.84 Å². The minimum atomic E-state index is -0.312. The van der Waals surface area contributed by atoms with Crippen molar-refractivity contribution < 1.29 is 9.59 Å². The van der Waals surface area contributed by atoms with Crippen LogP contribution in [0.3, 0.4) is 0 Å². The Kier molecular flexibility index (Phi) is 3.17. The van der Waals surface area contributed by atoms with Gasteiger partial charge in [-0.05, 0) is 11.6 Å². The number of benzene rings is 1. The summed E-state index contributed by atoms with van der Waals surface area (Å²) in [7, 11) is 0. The number of hydrazine groups is 1. The Balaban J connectivity index is 1.91. The van der Waals surface area contributed by atoms with Crippen LogP contribution in [0.25, 0.3) is 0 Å². The number of anilines is 1. The van der Waals surface area contributed by atoms with Gasteiger partial charge in [0.2, 0.25) is 5.91 Å². The van der Waals surface area contributed by atoms with Crippen molar-refractivity contribution in [1.82, 2.24) is 14.5 Å². The lowest BCUT2D eigenvalue weighted by Crippen LogP contribution is -2.41. The second kappa shape index (κ2) is 4.99. The van der Waals surface area contributed by atoms with E-state index in [1.54, 1.807) is 18.2 Å². The molecule has 0 unspecified atom stereocenters. The average Bonchev–Trinajstić information content (AvgIpc) is 2.90. The van der Waals surface area contributed by atoms with Crippen molar-refractivity contribution in [2.45, 2.75) is 13.0 Å². The summed E-state index contributed by atoms with van der Waals surface area (Å²) in [5, 5.41) is 4.43. The molecule has 0 saturated heterocycles. The van der Waals surface area contributed by atoms with Crippen LogP contribution in [0.4, 0.5) is 5.00 Å². The van der Waals surface area contributed by atoms with E-state index in [-0.39, 0.29) is 24.8 Å². The number of hydrogen-bond acceptors (Lipinski definition) is 7. The lowest BCUT2D eigenvalue weighted by molar-refractivity contribution is -0.128. The molecule has 0 fully saturated rings. The molecule has 102 valence electrons. The minimum absolute atomic E-state index is 0.0715. The van der Waals surface area contributed by atoms with Gasteiger partial charge < -0.3 is 5.43 Å². The number of amides is 2. The number of carbonyl (C=O) groups is 2. The molecule has 3 rings (SSSR count). The second-order valence-corrected chi connectivity index (χ2v) is 5.07. The van der Waals surface area contributed by atoms with Crippen LogP contribution in [0.2, 0.25) is 0 Å². The quantitative estimate of drug-likeness (QED) is 0.486. The molecule has 0 atom stereocenters. The predicted molar refractivity (Wildman–Crippen MR) is 72.7 cm³/mol. The van der Waals surface area contributed by atoms with Crippen molar-refractivity contribution in [3.63, 3.8) is 0 Å². The van der Waals surface area contributed by atoms with Crippen LogP contribution in [-0.2, 0) is 17.8 Å². The number of carbonyl (C=O) groups excluding carboxylic acids is 2. The molecule has 2 aromatic rings. The predicted octanol–water partition coefficient (Wildman–Crippen LogP) is 0.549. The van der Waals surface area contributed by atoms with E-state index in [2.05, 4.69) is 15.0 Å². The molecule has 8 heteroatoms. The third-order valence-electron chi connectivity index (χ3n) is 3.13. The van der Waals surface area contributed by atoms with Gasteiger partial charge in [-0.2, -0.15) is 0 Å². The molecule has 3 N–H and O–H groups in total. The molecule has 0 spiro atoms. The molecule has 0 radical (unpaired) electrons. The van der Waals surface area contributed by atoms with Crippen molar-refractivity contribution in [2.24, 2.45) is 5.84 Å². The average molecular weight is 289 g/mol. The standard InChI is InChI=1S/C12H11N5O2S/c13-14-11-9(15-16-20-11)6-17-10(18)5-7-3-1-2-4-8(7)12(17)19/h1-4,14H,5-6,13H2. The van der Waals surface area contributed by atoms with Gasteiger partial charge in [0, 0.05) is 17.1 Å². The number of nitrogens with zero attached hydrogens (tertiary/aromatic N) is 3. The summed E-state index contributed by atoms with van der Waals surface area (Å²) in [6.45, 7) is 0.0715. The summed E-state index contributed by atoms with van der Waals surface area (Å²) in [4.78, 5) is 25.6. The van der Waals surface area contributed by atoms with Crippen molar-refractivity contribution in [3.05, 3.63) is 41.1 Å². The van der Waals surface area contributed by atoms with Gasteiger partial charge in [0.25, 0.3) is 5.91 Å². The number of rotatable bonds is 3. The van der Waals surface area contributed by atoms with E-state index in [4.69, 9.17) is 5.84 Å². The zero-order chi connectivity index (χ0) is 14.1. The first-order valence-corrected chi connectivity index (χ1v) is 6.68. The number of hydrogen-bond donors (Lipinski definition) is 2. The Labute approximate surface area is 118 Å². The lowest BCUT2D eigenvalue weighted by atomic mass is 9.98. The summed E-state index contributed by atoms with van der Waals surface area (Å²) in [5.74, 6) is 4.78. The van der Waals surface area contributed by atoms with E-state index in [1.807, 2.05) is 6.07 Å². The zero-order valence-corrected chi connectivity index (χ0v) is 11.2. The molecular weight excluding hydrogens is 278 g/mol. The van der Waals surface area contributed by atoms with Gasteiger partial charge in [0.15, 0.2) is 0 Å². The highest BCUT2D eigenvalue weighted by Gasteiger charge is 2.31. The van der Waals surface area contributed by atoms with Crippen molar-refractivity contribution in [2.75, 3.05) is 5.43 Å². The monoisotopic (exact) mass is 289 g/mol. The highest BCUT2D eigenvalue weighted by molar-refractivity contribution is 7.10. The maximum Gasteiger partial charge on any atom is 0.261 e. The van der Waals surface area contributed by atoms with E-state index < -0.39 is 0 Å². The summed E-state index contributed by atoms with van der Waals surface area (Å²) in [6.07, 6.45) is 0.213. The zero-order valence-electron chi connectivity index (χ0n) is 10.4. The summed E-state index contributed by atoms with van der Waals surface area (Å²) in [6, 6.07) is 7.11. The highest BCUT2D eigenvalue weighted by Crippen LogP contribution is 2.24. The number of nitrogens with one attached hydrogen (secondary N) is 1. The lowest BCUT2D eigenvalue weighted by Gasteiger charge is -2.26. The number of imide groups is 1. The third kappa shape index (κ3) is 2.04. The molecule has 0 saturated carbocycles. The Bertz CT molecular complexity index is 684. The van der Waals surface area contributed by atoms with E-state index in [0.717, 1.165) is 17.1 Å². The molecule has 1 aromatic heterocycles. The van der Waals surface area contributed by atoms with Crippen LogP contribution in [-0.4, -0.2) is 26.3 Å². The molecule has 1 aromatic carbocycles.